The van der Waals surface area contributed by atoms with Gasteiger partial charge in [-0.2, -0.15) is 0 Å². The Morgan fingerprint density at radius 3 is 1.92 bits per heavy atom. The van der Waals surface area contributed by atoms with Gasteiger partial charge in [0.1, 0.15) is 5.60 Å². The first-order valence-corrected chi connectivity index (χ1v) is 11.0. The van der Waals surface area contributed by atoms with E-state index < -0.39 is 8.32 Å². The smallest absolute Gasteiger partial charge is 0.252 e. The second kappa shape index (κ2) is 6.67. The minimum absolute atomic E-state index is 0.167. The van der Waals surface area contributed by atoms with Gasteiger partial charge in [0.15, 0.2) is 0 Å². The van der Waals surface area contributed by atoms with E-state index in [-0.39, 0.29) is 11.7 Å². The van der Waals surface area contributed by atoms with Crippen molar-refractivity contribution >= 4 is 18.7 Å². The van der Waals surface area contributed by atoms with Crippen LogP contribution in [0.1, 0.15) is 20.8 Å². The molecule has 2 atom stereocenters. The quantitative estimate of drug-likeness (QED) is 0.613. The minimum atomic E-state index is -2.27. The number of hydrogen-bond donors (Lipinski definition) is 0. The zero-order valence-electron chi connectivity index (χ0n) is 15.0. The molecule has 0 saturated heterocycles. The average molecular weight is 339 g/mol. The van der Waals surface area contributed by atoms with Crippen LogP contribution in [0.3, 0.4) is 0 Å². The van der Waals surface area contributed by atoms with Crippen molar-refractivity contribution in [3.05, 3.63) is 72.3 Å². The van der Waals surface area contributed by atoms with Crippen molar-refractivity contribution in [2.45, 2.75) is 39.0 Å². The summed E-state index contributed by atoms with van der Waals surface area (Å²) in [5, 5.41) is 2.57. The lowest BCUT2D eigenvalue weighted by Gasteiger charge is -2.33. The lowest BCUT2D eigenvalue weighted by atomic mass is 10.1. The molecule has 3 rings (SSSR count). The summed E-state index contributed by atoms with van der Waals surface area (Å²) in [6.45, 7) is 9.19. The van der Waals surface area contributed by atoms with E-state index in [2.05, 4.69) is 94.1 Å². The molecule has 0 unspecified atom stereocenters. The molecular weight excluding hydrogens is 312 g/mol. The van der Waals surface area contributed by atoms with Crippen LogP contribution in [0.2, 0.25) is 6.55 Å². The molecule has 1 aliphatic heterocycles. The summed E-state index contributed by atoms with van der Waals surface area (Å²) in [7, 11) is -2.27. The fourth-order valence-corrected chi connectivity index (χ4v) is 6.24. The molecule has 2 nitrogen and oxygen atoms in total. The zero-order chi connectivity index (χ0) is 17.2. The van der Waals surface area contributed by atoms with Gasteiger partial charge >= 0.3 is 0 Å². The third kappa shape index (κ3) is 3.39. The first-order chi connectivity index (χ1) is 11.4. The fourth-order valence-electron chi connectivity index (χ4n) is 3.34. The molecule has 1 heterocycles. The Kier molecular flexibility index (Phi) is 4.77. The van der Waals surface area contributed by atoms with Gasteiger partial charge in [0.2, 0.25) is 0 Å². The van der Waals surface area contributed by atoms with Gasteiger partial charge in [0.05, 0.1) is 12.7 Å². The normalized spacial score (nSPS) is 24.0. The van der Waals surface area contributed by atoms with E-state index in [0.717, 1.165) is 0 Å². The van der Waals surface area contributed by atoms with Crippen molar-refractivity contribution in [3.8, 4) is 0 Å². The largest absolute Gasteiger partial charge is 0.405 e. The molecule has 24 heavy (non-hydrogen) atoms. The van der Waals surface area contributed by atoms with E-state index in [1.807, 2.05) is 0 Å². The summed E-state index contributed by atoms with van der Waals surface area (Å²) in [6.07, 6.45) is 2.38. The SMILES string of the molecule is CC1=C[C@@](C)(CO[Si](C)(c2ccccc2)c2ccccc2)O[C@H]1C. The third-order valence-electron chi connectivity index (χ3n) is 4.92. The van der Waals surface area contributed by atoms with Gasteiger partial charge in [-0.05, 0) is 49.3 Å². The van der Waals surface area contributed by atoms with Gasteiger partial charge < -0.3 is 9.16 Å². The molecule has 126 valence electrons. The van der Waals surface area contributed by atoms with Crippen molar-refractivity contribution < 1.29 is 9.16 Å². The Labute approximate surface area is 146 Å². The molecule has 0 amide bonds. The topological polar surface area (TPSA) is 18.5 Å². The van der Waals surface area contributed by atoms with Gasteiger partial charge in [-0.15, -0.1) is 0 Å². The van der Waals surface area contributed by atoms with Crippen LogP contribution in [0.4, 0.5) is 0 Å². The summed E-state index contributed by atoms with van der Waals surface area (Å²) >= 11 is 0. The highest BCUT2D eigenvalue weighted by Crippen LogP contribution is 2.29. The van der Waals surface area contributed by atoms with Crippen molar-refractivity contribution in [2.24, 2.45) is 0 Å². The van der Waals surface area contributed by atoms with E-state index in [1.54, 1.807) is 0 Å². The van der Waals surface area contributed by atoms with Crippen LogP contribution in [0, 0.1) is 0 Å². The molecule has 0 bridgehead atoms. The minimum Gasteiger partial charge on any atom is -0.405 e. The summed E-state index contributed by atoms with van der Waals surface area (Å²) in [5.74, 6) is 0. The molecule has 2 aromatic rings. The van der Waals surface area contributed by atoms with E-state index in [9.17, 15) is 0 Å². The van der Waals surface area contributed by atoms with Crippen LogP contribution in [0.15, 0.2) is 72.3 Å². The summed E-state index contributed by atoms with van der Waals surface area (Å²) < 4.78 is 12.8. The van der Waals surface area contributed by atoms with Gasteiger partial charge in [-0.1, -0.05) is 60.7 Å². The van der Waals surface area contributed by atoms with Crippen molar-refractivity contribution in [2.75, 3.05) is 6.61 Å². The Balaban J connectivity index is 1.90. The van der Waals surface area contributed by atoms with Crippen LogP contribution < -0.4 is 10.4 Å². The number of hydrogen-bond acceptors (Lipinski definition) is 2. The number of rotatable bonds is 5. The average Bonchev–Trinajstić information content (AvgIpc) is 2.87. The monoisotopic (exact) mass is 338 g/mol. The maximum absolute atomic E-state index is 6.65. The Bertz CT molecular complexity index is 672. The first kappa shape index (κ1) is 17.2. The van der Waals surface area contributed by atoms with Crippen LogP contribution in [-0.2, 0) is 9.16 Å². The van der Waals surface area contributed by atoms with Gasteiger partial charge in [0, 0.05) is 0 Å². The molecule has 0 saturated carbocycles. The highest BCUT2D eigenvalue weighted by molar-refractivity contribution is 6.96. The maximum atomic E-state index is 6.65. The molecular formula is C21H26O2Si. The molecule has 0 N–H and O–H groups in total. The Morgan fingerprint density at radius 1 is 1.00 bits per heavy atom. The number of ether oxygens (including phenoxy) is 1. The molecule has 2 aromatic carbocycles. The maximum Gasteiger partial charge on any atom is 0.252 e. The summed E-state index contributed by atoms with van der Waals surface area (Å²) in [5.41, 5.74) is 0.935. The number of benzene rings is 2. The van der Waals surface area contributed by atoms with E-state index in [0.29, 0.717) is 6.61 Å². The Hall–Kier alpha value is -1.68. The molecule has 0 fully saturated rings. The third-order valence-corrected chi connectivity index (χ3v) is 8.51. The van der Waals surface area contributed by atoms with E-state index in [4.69, 9.17) is 9.16 Å². The van der Waals surface area contributed by atoms with Crippen LogP contribution in [-0.4, -0.2) is 26.6 Å². The van der Waals surface area contributed by atoms with E-state index >= 15 is 0 Å². The predicted octanol–water partition coefficient (Wildman–Crippen LogP) is 3.52. The van der Waals surface area contributed by atoms with E-state index in [1.165, 1.54) is 15.9 Å². The predicted molar refractivity (Wildman–Crippen MR) is 102 cm³/mol. The molecule has 3 heteroatoms. The lowest BCUT2D eigenvalue weighted by molar-refractivity contribution is -0.0343. The van der Waals surface area contributed by atoms with Gasteiger partial charge in [0.25, 0.3) is 8.32 Å². The van der Waals surface area contributed by atoms with Gasteiger partial charge in [-0.3, -0.25) is 0 Å². The summed E-state index contributed by atoms with van der Waals surface area (Å²) in [6, 6.07) is 21.2. The van der Waals surface area contributed by atoms with Crippen molar-refractivity contribution in [1.82, 2.24) is 0 Å². The van der Waals surface area contributed by atoms with Crippen LogP contribution in [0.5, 0.6) is 0 Å². The second-order valence-corrected chi connectivity index (χ2v) is 10.5. The van der Waals surface area contributed by atoms with Crippen LogP contribution >= 0.6 is 0 Å². The molecule has 0 aliphatic carbocycles. The Morgan fingerprint density at radius 2 is 1.50 bits per heavy atom. The molecule has 0 spiro atoms. The zero-order valence-corrected chi connectivity index (χ0v) is 16.0. The molecule has 0 radical (unpaired) electrons. The van der Waals surface area contributed by atoms with Crippen molar-refractivity contribution in [3.63, 3.8) is 0 Å². The van der Waals surface area contributed by atoms with Gasteiger partial charge in [-0.25, -0.2) is 0 Å². The standard InChI is InChI=1S/C21H26O2Si/c1-17-15-21(3,23-18(17)2)16-22-24(4,19-11-7-5-8-12-19)20-13-9-6-10-14-20/h5-15,18H,16H2,1-4H3/t18-,21-/m0/s1. The first-order valence-electron chi connectivity index (χ1n) is 8.55. The fraction of sp³-hybridized carbons (Fsp3) is 0.333. The van der Waals surface area contributed by atoms with Crippen molar-refractivity contribution in [1.29, 1.82) is 0 Å². The highest BCUT2D eigenvalue weighted by Gasteiger charge is 2.39. The summed E-state index contributed by atoms with van der Waals surface area (Å²) in [4.78, 5) is 0. The second-order valence-electron chi connectivity index (χ2n) is 7.02. The van der Waals surface area contributed by atoms with Crippen LogP contribution in [0.25, 0.3) is 0 Å². The molecule has 1 aliphatic rings. The lowest BCUT2D eigenvalue weighted by Crippen LogP contribution is -2.59. The highest BCUT2D eigenvalue weighted by atomic mass is 28.4. The molecule has 0 aromatic heterocycles.